The average Bonchev–Trinajstić information content (AvgIpc) is 2.97. The molecular formula is C18H20N2O5. The number of carbonyl (C=O) groups excluding carboxylic acids is 1. The van der Waals surface area contributed by atoms with Crippen molar-refractivity contribution in [3.05, 3.63) is 52.9 Å². The van der Waals surface area contributed by atoms with Crippen molar-refractivity contribution >= 4 is 12.1 Å². The molecule has 0 bridgehead atoms. The molecule has 3 rings (SSSR count). The Morgan fingerprint density at radius 2 is 1.96 bits per heavy atom. The van der Waals surface area contributed by atoms with Crippen LogP contribution in [0, 0.1) is 0 Å². The predicted octanol–water partition coefficient (Wildman–Crippen LogP) is 3.26. The van der Waals surface area contributed by atoms with Crippen LogP contribution in [0.4, 0.5) is 4.79 Å². The number of nitrogens with zero attached hydrogens (tertiary/aromatic N) is 2. The fraction of sp³-hybridized carbons (Fsp3) is 0.389. The molecule has 1 aliphatic rings. The summed E-state index contributed by atoms with van der Waals surface area (Å²) in [6.45, 7) is 5.73. The normalized spacial score (nSPS) is 17.1. The zero-order chi connectivity index (χ0) is 18.2. The van der Waals surface area contributed by atoms with Gasteiger partial charge in [0.2, 0.25) is 0 Å². The molecule has 7 heteroatoms. The molecule has 132 valence electrons. The highest BCUT2D eigenvalue weighted by Gasteiger charge is 2.40. The third-order valence-electron chi connectivity index (χ3n) is 3.91. The molecule has 25 heavy (non-hydrogen) atoms. The van der Waals surface area contributed by atoms with Gasteiger partial charge in [0, 0.05) is 13.0 Å². The molecule has 0 fully saturated rings. The van der Waals surface area contributed by atoms with Crippen molar-refractivity contribution in [2.45, 2.75) is 38.8 Å². The Labute approximate surface area is 145 Å². The summed E-state index contributed by atoms with van der Waals surface area (Å²) in [5, 5.41) is 13.1. The molecule has 2 heterocycles. The van der Waals surface area contributed by atoms with E-state index < -0.39 is 23.7 Å². The van der Waals surface area contributed by atoms with Crippen LogP contribution in [0.1, 0.15) is 54.2 Å². The maximum absolute atomic E-state index is 12.7. The van der Waals surface area contributed by atoms with Gasteiger partial charge in [0.1, 0.15) is 11.4 Å². The van der Waals surface area contributed by atoms with Gasteiger partial charge >= 0.3 is 12.1 Å². The lowest BCUT2D eigenvalue weighted by atomic mass is 9.91. The van der Waals surface area contributed by atoms with Gasteiger partial charge in [-0.25, -0.2) is 9.59 Å². The second-order valence-corrected chi connectivity index (χ2v) is 6.91. The molecule has 0 saturated heterocycles. The van der Waals surface area contributed by atoms with Crippen molar-refractivity contribution in [3.8, 4) is 0 Å². The highest BCUT2D eigenvalue weighted by molar-refractivity contribution is 5.88. The monoisotopic (exact) mass is 344 g/mol. The van der Waals surface area contributed by atoms with Gasteiger partial charge < -0.3 is 14.4 Å². The number of ether oxygens (including phenoxy) is 1. The van der Waals surface area contributed by atoms with E-state index in [0.29, 0.717) is 24.3 Å². The van der Waals surface area contributed by atoms with Crippen LogP contribution in [0.25, 0.3) is 0 Å². The van der Waals surface area contributed by atoms with Gasteiger partial charge in [-0.3, -0.25) is 4.90 Å². The second kappa shape index (κ2) is 6.23. The number of hydrogen-bond donors (Lipinski definition) is 1. The standard InChI is InChI=1S/C18H20N2O5/c1-18(2,3)24-17(23)20-10-9-12-13(14(16(21)22)19-25-12)15(20)11-7-5-4-6-8-11/h4-8,15H,9-10H2,1-3H3,(H,21,22). The van der Waals surface area contributed by atoms with Gasteiger partial charge in [0.25, 0.3) is 0 Å². The Bertz CT molecular complexity index is 792. The predicted molar refractivity (Wildman–Crippen MR) is 88.4 cm³/mol. The second-order valence-electron chi connectivity index (χ2n) is 6.91. The highest BCUT2D eigenvalue weighted by Crippen LogP contribution is 2.38. The Morgan fingerprint density at radius 3 is 2.56 bits per heavy atom. The van der Waals surface area contributed by atoms with E-state index in [1.165, 1.54) is 4.90 Å². The van der Waals surface area contributed by atoms with E-state index in [1.54, 1.807) is 20.8 Å². The number of aromatic nitrogens is 1. The van der Waals surface area contributed by atoms with Gasteiger partial charge in [-0.1, -0.05) is 35.5 Å². The van der Waals surface area contributed by atoms with Gasteiger partial charge in [-0.15, -0.1) is 0 Å². The number of amides is 1. The Balaban J connectivity index is 2.09. The maximum Gasteiger partial charge on any atom is 0.411 e. The van der Waals surface area contributed by atoms with Gasteiger partial charge in [-0.2, -0.15) is 0 Å². The zero-order valence-electron chi connectivity index (χ0n) is 14.4. The van der Waals surface area contributed by atoms with Crippen molar-refractivity contribution in [2.75, 3.05) is 6.54 Å². The van der Waals surface area contributed by atoms with E-state index in [0.717, 1.165) is 5.56 Å². The molecule has 1 aromatic carbocycles. The molecule has 0 radical (unpaired) electrons. The van der Waals surface area contributed by atoms with Crippen LogP contribution in [0.2, 0.25) is 0 Å². The minimum Gasteiger partial charge on any atom is -0.476 e. The lowest BCUT2D eigenvalue weighted by Gasteiger charge is -2.36. The van der Waals surface area contributed by atoms with Crippen molar-refractivity contribution in [1.29, 1.82) is 0 Å². The van der Waals surface area contributed by atoms with Gasteiger partial charge in [-0.05, 0) is 26.3 Å². The van der Waals surface area contributed by atoms with Crippen LogP contribution in [0.5, 0.6) is 0 Å². The summed E-state index contributed by atoms with van der Waals surface area (Å²) >= 11 is 0. The average molecular weight is 344 g/mol. The van der Waals surface area contributed by atoms with E-state index in [-0.39, 0.29) is 5.69 Å². The Morgan fingerprint density at radius 1 is 1.28 bits per heavy atom. The summed E-state index contributed by atoms with van der Waals surface area (Å²) < 4.78 is 10.7. The fourth-order valence-corrected chi connectivity index (χ4v) is 2.95. The van der Waals surface area contributed by atoms with Crippen LogP contribution in [-0.2, 0) is 11.2 Å². The zero-order valence-corrected chi connectivity index (χ0v) is 14.4. The number of carboxylic acids is 1. The first kappa shape index (κ1) is 17.0. The topological polar surface area (TPSA) is 92.9 Å². The third kappa shape index (κ3) is 3.35. The molecule has 1 N–H and O–H groups in total. The smallest absolute Gasteiger partial charge is 0.411 e. The van der Waals surface area contributed by atoms with E-state index in [4.69, 9.17) is 9.26 Å². The molecule has 2 aromatic rings. The molecular weight excluding hydrogens is 324 g/mol. The number of rotatable bonds is 2. The van der Waals surface area contributed by atoms with E-state index in [1.807, 2.05) is 30.3 Å². The molecule has 1 aromatic heterocycles. The molecule has 0 aliphatic carbocycles. The summed E-state index contributed by atoms with van der Waals surface area (Å²) in [6.07, 6.45) is -0.109. The molecule has 7 nitrogen and oxygen atoms in total. The van der Waals surface area contributed by atoms with Crippen LogP contribution in [0.15, 0.2) is 34.9 Å². The molecule has 1 aliphatic heterocycles. The minimum atomic E-state index is -1.18. The maximum atomic E-state index is 12.7. The summed E-state index contributed by atoms with van der Waals surface area (Å²) in [4.78, 5) is 25.8. The number of hydrogen-bond acceptors (Lipinski definition) is 5. The first-order chi connectivity index (χ1) is 11.8. The number of carboxylic acid groups (broad SMARTS) is 1. The fourth-order valence-electron chi connectivity index (χ4n) is 2.95. The van der Waals surface area contributed by atoms with Crippen molar-refractivity contribution in [2.24, 2.45) is 0 Å². The third-order valence-corrected chi connectivity index (χ3v) is 3.91. The van der Waals surface area contributed by atoms with Gasteiger partial charge in [0.05, 0.1) is 11.6 Å². The number of carbonyl (C=O) groups is 2. The largest absolute Gasteiger partial charge is 0.476 e. The summed E-state index contributed by atoms with van der Waals surface area (Å²) in [6, 6.07) is 8.61. The van der Waals surface area contributed by atoms with E-state index >= 15 is 0 Å². The van der Waals surface area contributed by atoms with Crippen molar-refractivity contribution < 1.29 is 24.0 Å². The molecule has 1 unspecified atom stereocenters. The molecule has 0 spiro atoms. The summed E-state index contributed by atoms with van der Waals surface area (Å²) in [5.74, 6) is -0.692. The number of aromatic carboxylic acids is 1. The number of benzene rings is 1. The SMILES string of the molecule is CC(C)(C)OC(=O)N1CCc2onc(C(=O)O)c2C1c1ccccc1. The quantitative estimate of drug-likeness (QED) is 0.899. The molecule has 0 saturated carbocycles. The minimum absolute atomic E-state index is 0.169. The van der Waals surface area contributed by atoms with Crippen LogP contribution >= 0.6 is 0 Å². The van der Waals surface area contributed by atoms with Gasteiger partial charge in [0.15, 0.2) is 5.69 Å². The van der Waals surface area contributed by atoms with E-state index in [2.05, 4.69) is 5.16 Å². The van der Waals surface area contributed by atoms with Crippen LogP contribution in [-0.4, -0.2) is 39.4 Å². The van der Waals surface area contributed by atoms with E-state index in [9.17, 15) is 14.7 Å². The summed E-state index contributed by atoms with van der Waals surface area (Å²) in [5.41, 5.74) is 0.371. The first-order valence-electron chi connectivity index (χ1n) is 8.04. The van der Waals surface area contributed by atoms with Crippen LogP contribution in [0.3, 0.4) is 0 Å². The van der Waals surface area contributed by atoms with Crippen LogP contribution < -0.4 is 0 Å². The molecule has 1 amide bonds. The lowest BCUT2D eigenvalue weighted by molar-refractivity contribution is 0.0170. The van der Waals surface area contributed by atoms with Crippen molar-refractivity contribution in [1.82, 2.24) is 10.1 Å². The number of fused-ring (bicyclic) bond motifs is 1. The Hall–Kier alpha value is -2.83. The Kier molecular flexibility index (Phi) is 4.24. The highest BCUT2D eigenvalue weighted by atomic mass is 16.6. The first-order valence-corrected chi connectivity index (χ1v) is 8.04. The summed E-state index contributed by atoms with van der Waals surface area (Å²) in [7, 11) is 0. The van der Waals surface area contributed by atoms with Crippen molar-refractivity contribution in [3.63, 3.8) is 0 Å². The molecule has 1 atom stereocenters. The lowest BCUT2D eigenvalue weighted by Crippen LogP contribution is -2.43.